The molecule has 1 fully saturated rings. The van der Waals surface area contributed by atoms with Crippen LogP contribution >= 0.6 is 0 Å². The van der Waals surface area contributed by atoms with Crippen LogP contribution in [0.1, 0.15) is 13.3 Å². The Hall–Kier alpha value is -0.200. The predicted molar refractivity (Wildman–Crippen MR) is 62.3 cm³/mol. The number of hydrogen-bond acceptors (Lipinski definition) is 5. The Morgan fingerprint density at radius 3 is 2.94 bits per heavy atom. The fourth-order valence-corrected chi connectivity index (χ4v) is 2.12. The van der Waals surface area contributed by atoms with E-state index in [0.717, 1.165) is 19.5 Å². The van der Waals surface area contributed by atoms with Gasteiger partial charge >= 0.3 is 0 Å². The smallest absolute Gasteiger partial charge is 0.0700 e. The summed E-state index contributed by atoms with van der Waals surface area (Å²) in [5.74, 6) is 0. The summed E-state index contributed by atoms with van der Waals surface area (Å²) < 4.78 is 10.6. The van der Waals surface area contributed by atoms with Gasteiger partial charge in [0.2, 0.25) is 0 Å². The summed E-state index contributed by atoms with van der Waals surface area (Å²) in [7, 11) is 1.63. The van der Waals surface area contributed by atoms with E-state index in [4.69, 9.17) is 15.2 Å². The number of methoxy groups -OCH3 is 1. The number of morpholine rings is 1. The highest BCUT2D eigenvalue weighted by atomic mass is 16.5. The van der Waals surface area contributed by atoms with Crippen molar-refractivity contribution < 1.29 is 14.6 Å². The second-order valence-corrected chi connectivity index (χ2v) is 4.27. The first-order valence-corrected chi connectivity index (χ1v) is 5.93. The highest BCUT2D eigenvalue weighted by Gasteiger charge is 2.28. The first-order chi connectivity index (χ1) is 7.72. The number of aliphatic hydroxyl groups is 1. The molecule has 1 heterocycles. The average Bonchev–Trinajstić information content (AvgIpc) is 2.31. The van der Waals surface area contributed by atoms with Crippen molar-refractivity contribution in [1.82, 2.24) is 4.90 Å². The minimum Gasteiger partial charge on any atom is -0.395 e. The minimum absolute atomic E-state index is 0.0297. The van der Waals surface area contributed by atoms with Gasteiger partial charge in [0.05, 0.1) is 32.0 Å². The number of nitrogens with two attached hydrogens (primary N) is 1. The molecule has 0 saturated carbocycles. The molecule has 0 aromatic carbocycles. The fraction of sp³-hybridized carbons (Fsp3) is 1.00. The van der Waals surface area contributed by atoms with Crippen LogP contribution in [0.4, 0.5) is 0 Å². The van der Waals surface area contributed by atoms with Gasteiger partial charge in [-0.25, -0.2) is 0 Å². The largest absolute Gasteiger partial charge is 0.395 e. The molecule has 0 amide bonds. The van der Waals surface area contributed by atoms with Crippen molar-refractivity contribution in [2.45, 2.75) is 31.5 Å². The minimum atomic E-state index is -0.148. The zero-order valence-corrected chi connectivity index (χ0v) is 10.3. The quantitative estimate of drug-likeness (QED) is 0.642. The van der Waals surface area contributed by atoms with Crippen molar-refractivity contribution in [3.8, 4) is 0 Å². The van der Waals surface area contributed by atoms with Crippen LogP contribution < -0.4 is 5.73 Å². The average molecular weight is 232 g/mol. The molecule has 0 bridgehead atoms. The van der Waals surface area contributed by atoms with Crippen molar-refractivity contribution in [3.05, 3.63) is 0 Å². The van der Waals surface area contributed by atoms with Crippen molar-refractivity contribution >= 4 is 0 Å². The second-order valence-electron chi connectivity index (χ2n) is 4.27. The van der Waals surface area contributed by atoms with Gasteiger partial charge < -0.3 is 20.3 Å². The summed E-state index contributed by atoms with van der Waals surface area (Å²) >= 11 is 0. The van der Waals surface area contributed by atoms with Crippen LogP contribution in [0, 0.1) is 0 Å². The van der Waals surface area contributed by atoms with Gasteiger partial charge in [0.1, 0.15) is 0 Å². The molecule has 0 spiro atoms. The van der Waals surface area contributed by atoms with Crippen LogP contribution in [0.25, 0.3) is 0 Å². The molecule has 1 aliphatic rings. The predicted octanol–water partition coefficient (Wildman–Crippen LogP) is -0.568. The Morgan fingerprint density at radius 2 is 2.38 bits per heavy atom. The molecule has 1 aliphatic heterocycles. The van der Waals surface area contributed by atoms with E-state index in [-0.39, 0.29) is 24.8 Å². The van der Waals surface area contributed by atoms with Gasteiger partial charge in [0.25, 0.3) is 0 Å². The topological polar surface area (TPSA) is 68.0 Å². The Labute approximate surface area is 97.5 Å². The molecular formula is C11H24N2O3. The molecule has 0 aliphatic carbocycles. The summed E-state index contributed by atoms with van der Waals surface area (Å²) in [6.45, 7) is 5.05. The lowest BCUT2D eigenvalue weighted by Gasteiger charge is -2.39. The summed E-state index contributed by atoms with van der Waals surface area (Å²) in [6, 6.07) is -0.177. The van der Waals surface area contributed by atoms with E-state index < -0.39 is 0 Å². The van der Waals surface area contributed by atoms with Crippen molar-refractivity contribution in [2.75, 3.05) is 40.0 Å². The van der Waals surface area contributed by atoms with Crippen molar-refractivity contribution in [3.63, 3.8) is 0 Å². The fourth-order valence-electron chi connectivity index (χ4n) is 2.12. The molecule has 1 rings (SSSR count). The second kappa shape index (κ2) is 7.19. The van der Waals surface area contributed by atoms with E-state index in [1.54, 1.807) is 7.11 Å². The third-order valence-corrected chi connectivity index (χ3v) is 3.13. The molecule has 3 atom stereocenters. The molecule has 0 radical (unpaired) electrons. The standard InChI is InChI=1S/C11H24N2O3/c1-3-9-6-13(4-5-16-9)11(7-14)10(12)8-15-2/h9-11,14H,3-8,12H2,1-2H3. The first-order valence-electron chi connectivity index (χ1n) is 5.93. The van der Waals surface area contributed by atoms with Gasteiger partial charge in [0.15, 0.2) is 0 Å². The van der Waals surface area contributed by atoms with E-state index in [1.807, 2.05) is 0 Å². The van der Waals surface area contributed by atoms with Gasteiger partial charge in [-0.05, 0) is 6.42 Å². The lowest BCUT2D eigenvalue weighted by Crippen LogP contribution is -2.57. The maximum Gasteiger partial charge on any atom is 0.0700 e. The van der Waals surface area contributed by atoms with Gasteiger partial charge in [-0.15, -0.1) is 0 Å². The molecule has 5 nitrogen and oxygen atoms in total. The maximum absolute atomic E-state index is 9.42. The molecule has 0 aromatic rings. The maximum atomic E-state index is 9.42. The van der Waals surface area contributed by atoms with Crippen LogP contribution in [-0.4, -0.2) is 68.2 Å². The van der Waals surface area contributed by atoms with Gasteiger partial charge in [-0.2, -0.15) is 0 Å². The molecule has 3 unspecified atom stereocenters. The molecular weight excluding hydrogens is 208 g/mol. The van der Waals surface area contributed by atoms with E-state index >= 15 is 0 Å². The molecule has 1 saturated heterocycles. The monoisotopic (exact) mass is 232 g/mol. The molecule has 3 N–H and O–H groups in total. The van der Waals surface area contributed by atoms with Crippen molar-refractivity contribution in [1.29, 1.82) is 0 Å². The Balaban J connectivity index is 2.50. The molecule has 16 heavy (non-hydrogen) atoms. The van der Waals surface area contributed by atoms with Crippen molar-refractivity contribution in [2.24, 2.45) is 5.73 Å². The Morgan fingerprint density at radius 1 is 1.62 bits per heavy atom. The van der Waals surface area contributed by atoms with Crippen LogP contribution in [0.5, 0.6) is 0 Å². The third kappa shape index (κ3) is 3.68. The van der Waals surface area contributed by atoms with Gasteiger partial charge in [-0.1, -0.05) is 6.92 Å². The van der Waals surface area contributed by atoms with Crippen LogP contribution in [-0.2, 0) is 9.47 Å². The highest BCUT2D eigenvalue weighted by Crippen LogP contribution is 2.13. The first kappa shape index (κ1) is 13.9. The number of hydrogen-bond donors (Lipinski definition) is 2. The van der Waals surface area contributed by atoms with Crippen LogP contribution in [0.2, 0.25) is 0 Å². The zero-order valence-electron chi connectivity index (χ0n) is 10.3. The molecule has 5 heteroatoms. The Kier molecular flexibility index (Phi) is 6.23. The molecule has 96 valence electrons. The van der Waals surface area contributed by atoms with E-state index in [9.17, 15) is 5.11 Å². The van der Waals surface area contributed by atoms with E-state index in [0.29, 0.717) is 13.2 Å². The number of aliphatic hydroxyl groups excluding tert-OH is 1. The summed E-state index contributed by atoms with van der Waals surface area (Å²) in [5.41, 5.74) is 5.99. The van der Waals surface area contributed by atoms with Crippen LogP contribution in [0.15, 0.2) is 0 Å². The van der Waals surface area contributed by atoms with Gasteiger partial charge in [0, 0.05) is 26.2 Å². The lowest BCUT2D eigenvalue weighted by molar-refractivity contribution is -0.0592. The SMILES string of the molecule is CCC1CN(C(CO)C(N)COC)CCO1. The highest BCUT2D eigenvalue weighted by molar-refractivity contribution is 4.84. The number of ether oxygens (including phenoxy) is 2. The summed E-state index contributed by atoms with van der Waals surface area (Å²) in [4.78, 5) is 2.21. The van der Waals surface area contributed by atoms with E-state index in [1.165, 1.54) is 0 Å². The third-order valence-electron chi connectivity index (χ3n) is 3.13. The Bertz CT molecular complexity index is 192. The van der Waals surface area contributed by atoms with Gasteiger partial charge in [-0.3, -0.25) is 4.90 Å². The summed E-state index contributed by atoms with van der Waals surface area (Å²) in [5, 5.41) is 9.42. The summed E-state index contributed by atoms with van der Waals surface area (Å²) in [6.07, 6.45) is 1.26. The van der Waals surface area contributed by atoms with E-state index in [2.05, 4.69) is 11.8 Å². The normalized spacial score (nSPS) is 26.6. The lowest BCUT2D eigenvalue weighted by atomic mass is 10.1. The zero-order chi connectivity index (χ0) is 12.0. The number of rotatable bonds is 6. The van der Waals surface area contributed by atoms with Crippen LogP contribution in [0.3, 0.4) is 0 Å². The number of nitrogens with zero attached hydrogens (tertiary/aromatic N) is 1. The molecule has 0 aromatic heterocycles.